The van der Waals surface area contributed by atoms with Crippen molar-refractivity contribution in [1.29, 1.82) is 0 Å². The van der Waals surface area contributed by atoms with Crippen LogP contribution in [0.3, 0.4) is 0 Å². The third kappa shape index (κ3) is 5.08. The van der Waals surface area contributed by atoms with Crippen molar-refractivity contribution in [1.82, 2.24) is 4.31 Å². The minimum Gasteiger partial charge on any atom is -0.486 e. The van der Waals surface area contributed by atoms with E-state index in [0.29, 0.717) is 30.4 Å². The number of sulfonamides is 1. The van der Waals surface area contributed by atoms with Crippen molar-refractivity contribution >= 4 is 27.3 Å². The van der Waals surface area contributed by atoms with Crippen LogP contribution in [0.1, 0.15) is 13.8 Å². The zero-order valence-corrected chi connectivity index (χ0v) is 18.4. The van der Waals surface area contributed by atoms with Gasteiger partial charge in [-0.25, -0.2) is 8.42 Å². The maximum absolute atomic E-state index is 12.6. The number of amides is 1. The molecule has 3 rings (SSSR count). The van der Waals surface area contributed by atoms with Crippen LogP contribution in [-0.4, -0.2) is 56.5 Å². The van der Waals surface area contributed by atoms with Gasteiger partial charge in [-0.1, -0.05) is 13.8 Å². The number of rotatable bonds is 9. The number of fused-ring (bicyclic) bond motifs is 1. The Morgan fingerprint density at radius 2 is 1.81 bits per heavy atom. The number of nitro groups is 1. The molecule has 1 heterocycles. The lowest BCUT2D eigenvalue weighted by Gasteiger charge is -2.19. The highest BCUT2D eigenvalue weighted by molar-refractivity contribution is 7.89. The summed E-state index contributed by atoms with van der Waals surface area (Å²) in [4.78, 5) is 22.7. The molecule has 0 spiro atoms. The van der Waals surface area contributed by atoms with Gasteiger partial charge < -0.3 is 19.5 Å². The molecule has 12 heteroatoms. The standard InChI is InChI=1S/C20H23N3O8S/c1-3-22(4-2)32(27,28)15-6-8-17(16(12-15)23(25)26)31-13-20(24)21-14-5-7-18-19(11-14)30-10-9-29-18/h5-8,11-12H,3-4,9-10,13H2,1-2H3,(H,21,24). The van der Waals surface area contributed by atoms with Gasteiger partial charge in [-0.05, 0) is 24.3 Å². The summed E-state index contributed by atoms with van der Waals surface area (Å²) >= 11 is 0. The lowest BCUT2D eigenvalue weighted by Crippen LogP contribution is -2.30. The summed E-state index contributed by atoms with van der Waals surface area (Å²) in [7, 11) is -3.88. The number of carbonyl (C=O) groups excluding carboxylic acids is 1. The molecule has 2 aromatic carbocycles. The molecule has 0 saturated carbocycles. The summed E-state index contributed by atoms with van der Waals surface area (Å²) in [6, 6.07) is 8.20. The molecule has 0 unspecified atom stereocenters. The summed E-state index contributed by atoms with van der Waals surface area (Å²) in [6.07, 6.45) is 0. The Balaban J connectivity index is 1.71. The Kier molecular flexibility index (Phi) is 7.15. The van der Waals surface area contributed by atoms with E-state index in [1.54, 1.807) is 32.0 Å². The summed E-state index contributed by atoms with van der Waals surface area (Å²) < 4.78 is 42.6. The van der Waals surface area contributed by atoms with Crippen LogP contribution in [0, 0.1) is 10.1 Å². The lowest BCUT2D eigenvalue weighted by atomic mass is 10.2. The molecule has 0 fully saturated rings. The van der Waals surface area contributed by atoms with E-state index in [9.17, 15) is 23.3 Å². The number of hydrogen-bond acceptors (Lipinski definition) is 8. The number of benzene rings is 2. The van der Waals surface area contributed by atoms with Gasteiger partial charge in [-0.15, -0.1) is 0 Å². The van der Waals surface area contributed by atoms with E-state index in [1.165, 1.54) is 16.4 Å². The largest absolute Gasteiger partial charge is 0.486 e. The minimum atomic E-state index is -3.88. The van der Waals surface area contributed by atoms with Gasteiger partial charge in [0.25, 0.3) is 5.91 Å². The van der Waals surface area contributed by atoms with Gasteiger partial charge in [-0.2, -0.15) is 4.31 Å². The van der Waals surface area contributed by atoms with Crippen molar-refractivity contribution in [2.45, 2.75) is 18.7 Å². The lowest BCUT2D eigenvalue weighted by molar-refractivity contribution is -0.386. The van der Waals surface area contributed by atoms with Crippen LogP contribution in [-0.2, 0) is 14.8 Å². The first-order valence-corrected chi connectivity index (χ1v) is 11.3. The Bertz CT molecular complexity index is 1120. The van der Waals surface area contributed by atoms with E-state index in [0.717, 1.165) is 6.07 Å². The average Bonchev–Trinajstić information content (AvgIpc) is 2.78. The van der Waals surface area contributed by atoms with E-state index in [4.69, 9.17) is 14.2 Å². The second-order valence-electron chi connectivity index (χ2n) is 6.67. The fourth-order valence-corrected chi connectivity index (χ4v) is 4.57. The maximum atomic E-state index is 12.6. The van der Waals surface area contributed by atoms with Crippen LogP contribution in [0.4, 0.5) is 11.4 Å². The number of anilines is 1. The molecule has 32 heavy (non-hydrogen) atoms. The Morgan fingerprint density at radius 3 is 2.47 bits per heavy atom. The maximum Gasteiger partial charge on any atom is 0.312 e. The van der Waals surface area contributed by atoms with Crippen LogP contribution >= 0.6 is 0 Å². The van der Waals surface area contributed by atoms with E-state index in [2.05, 4.69) is 5.32 Å². The third-order valence-corrected chi connectivity index (χ3v) is 6.70. The number of nitrogens with one attached hydrogen (secondary N) is 1. The van der Waals surface area contributed by atoms with Crippen molar-refractivity contribution in [2.24, 2.45) is 0 Å². The normalized spacial score (nSPS) is 13.0. The Morgan fingerprint density at radius 1 is 1.12 bits per heavy atom. The summed E-state index contributed by atoms with van der Waals surface area (Å²) in [6.45, 7) is 4.13. The van der Waals surface area contributed by atoms with Gasteiger partial charge in [0.2, 0.25) is 10.0 Å². The molecule has 0 radical (unpaired) electrons. The van der Waals surface area contributed by atoms with E-state index in [1.807, 2.05) is 0 Å². The van der Waals surface area contributed by atoms with Gasteiger partial charge in [0, 0.05) is 30.9 Å². The molecule has 0 aliphatic carbocycles. The molecule has 0 bridgehead atoms. The first-order valence-electron chi connectivity index (χ1n) is 9.87. The molecular formula is C20H23N3O8S. The summed E-state index contributed by atoms with van der Waals surface area (Å²) in [5.74, 6) is 0.290. The first-order chi connectivity index (χ1) is 15.3. The fourth-order valence-electron chi connectivity index (χ4n) is 3.10. The zero-order valence-electron chi connectivity index (χ0n) is 17.6. The number of nitro benzene ring substituents is 1. The van der Waals surface area contributed by atoms with Gasteiger partial charge in [-0.3, -0.25) is 14.9 Å². The number of hydrogen-bond donors (Lipinski definition) is 1. The van der Waals surface area contributed by atoms with Gasteiger partial charge in [0.05, 0.1) is 9.82 Å². The predicted molar refractivity (Wildman–Crippen MR) is 115 cm³/mol. The Hall–Kier alpha value is -3.38. The monoisotopic (exact) mass is 465 g/mol. The highest BCUT2D eigenvalue weighted by Crippen LogP contribution is 2.33. The fraction of sp³-hybridized carbons (Fsp3) is 0.350. The van der Waals surface area contributed by atoms with E-state index >= 15 is 0 Å². The molecule has 1 amide bonds. The molecule has 1 aliphatic rings. The highest BCUT2D eigenvalue weighted by Gasteiger charge is 2.26. The summed E-state index contributed by atoms with van der Waals surface area (Å²) in [5.41, 5.74) is -0.108. The van der Waals surface area contributed by atoms with E-state index in [-0.39, 0.29) is 23.7 Å². The molecule has 0 saturated heterocycles. The number of carbonyl (C=O) groups is 1. The third-order valence-electron chi connectivity index (χ3n) is 4.65. The second kappa shape index (κ2) is 9.83. The van der Waals surface area contributed by atoms with Crippen LogP contribution < -0.4 is 19.5 Å². The number of ether oxygens (including phenoxy) is 3. The van der Waals surface area contributed by atoms with Gasteiger partial charge in [0.15, 0.2) is 23.9 Å². The smallest absolute Gasteiger partial charge is 0.312 e. The van der Waals surface area contributed by atoms with Gasteiger partial charge in [0.1, 0.15) is 13.2 Å². The molecule has 172 valence electrons. The zero-order chi connectivity index (χ0) is 23.3. The van der Waals surface area contributed by atoms with Gasteiger partial charge >= 0.3 is 5.69 Å². The number of nitrogens with zero attached hydrogens (tertiary/aromatic N) is 2. The molecule has 0 atom stereocenters. The highest BCUT2D eigenvalue weighted by atomic mass is 32.2. The van der Waals surface area contributed by atoms with Crippen LogP contribution in [0.25, 0.3) is 0 Å². The quantitative estimate of drug-likeness (QED) is 0.440. The van der Waals surface area contributed by atoms with Crippen molar-refractivity contribution < 1.29 is 32.3 Å². The van der Waals surface area contributed by atoms with Crippen molar-refractivity contribution in [2.75, 3.05) is 38.2 Å². The molecular weight excluding hydrogens is 442 g/mol. The topological polar surface area (TPSA) is 137 Å². The van der Waals surface area contributed by atoms with Crippen molar-refractivity contribution in [3.63, 3.8) is 0 Å². The van der Waals surface area contributed by atoms with Crippen molar-refractivity contribution in [3.05, 3.63) is 46.5 Å². The average molecular weight is 465 g/mol. The molecule has 11 nitrogen and oxygen atoms in total. The van der Waals surface area contributed by atoms with Crippen LogP contribution in [0.15, 0.2) is 41.3 Å². The predicted octanol–water partition coefficient (Wildman–Crippen LogP) is 2.41. The first kappa shape index (κ1) is 23.3. The SMILES string of the molecule is CCN(CC)S(=O)(=O)c1ccc(OCC(=O)Nc2ccc3c(c2)OCCO3)c([N+](=O)[O-])c1. The second-order valence-corrected chi connectivity index (χ2v) is 8.61. The summed E-state index contributed by atoms with van der Waals surface area (Å²) in [5, 5.41) is 14.1. The molecule has 2 aromatic rings. The molecule has 1 N–H and O–H groups in total. The van der Waals surface area contributed by atoms with Crippen LogP contribution in [0.5, 0.6) is 17.2 Å². The molecule has 0 aromatic heterocycles. The van der Waals surface area contributed by atoms with E-state index < -0.39 is 33.1 Å². The molecule has 1 aliphatic heterocycles. The van der Waals surface area contributed by atoms with Crippen molar-refractivity contribution in [3.8, 4) is 17.2 Å². The minimum absolute atomic E-state index is 0.217. The van der Waals surface area contributed by atoms with Crippen LogP contribution in [0.2, 0.25) is 0 Å². The Labute approximate surface area is 185 Å².